The maximum atomic E-state index is 14.4. The van der Waals surface area contributed by atoms with E-state index in [1.54, 1.807) is 0 Å². The van der Waals surface area contributed by atoms with Gasteiger partial charge < -0.3 is 20.7 Å². The number of fused-ring (bicyclic) bond motifs is 1. The van der Waals surface area contributed by atoms with E-state index in [1.807, 2.05) is 0 Å². The average molecular weight is 313 g/mol. The van der Waals surface area contributed by atoms with Gasteiger partial charge in [-0.1, -0.05) is 6.08 Å². The largest absolute Gasteiger partial charge is 0.393 e. The van der Waals surface area contributed by atoms with Gasteiger partial charge in [-0.05, 0) is 0 Å². The number of nitrogens with two attached hydrogens (primary N) is 1. The number of anilines is 1. The van der Waals surface area contributed by atoms with Crippen molar-refractivity contribution in [1.29, 1.82) is 0 Å². The molecule has 118 valence electrons. The number of nitrogen functional groups attached to an aromatic ring is 1. The van der Waals surface area contributed by atoms with Crippen LogP contribution in [0.1, 0.15) is 11.8 Å². The number of aliphatic hydroxyl groups excluding tert-OH is 2. The molecule has 0 amide bonds. The molecular formula is C12H13F2N5O3. The number of hydrogen-bond donors (Lipinski definition) is 3. The maximum Gasteiger partial charge on any atom is 0.328 e. The Hall–Kier alpha value is -2.17. The smallest absolute Gasteiger partial charge is 0.328 e. The zero-order valence-electron chi connectivity index (χ0n) is 11.2. The minimum Gasteiger partial charge on any atom is -0.393 e. The Balaban J connectivity index is 2.11. The summed E-state index contributed by atoms with van der Waals surface area (Å²) in [7, 11) is 0. The molecule has 8 nitrogen and oxygen atoms in total. The second-order valence-corrected chi connectivity index (χ2v) is 4.93. The second-order valence-electron chi connectivity index (χ2n) is 4.93. The van der Waals surface area contributed by atoms with Crippen LogP contribution in [0.2, 0.25) is 0 Å². The molecule has 4 atom stereocenters. The predicted octanol–water partition coefficient (Wildman–Crippen LogP) is -0.467. The van der Waals surface area contributed by atoms with Crippen molar-refractivity contribution < 1.29 is 23.7 Å². The zero-order chi connectivity index (χ0) is 16.1. The Morgan fingerprint density at radius 1 is 1.59 bits per heavy atom. The van der Waals surface area contributed by atoms with Crippen LogP contribution in [0.15, 0.2) is 18.9 Å². The van der Waals surface area contributed by atoms with Crippen LogP contribution in [0, 0.1) is 6.08 Å². The van der Waals surface area contributed by atoms with E-state index >= 15 is 0 Å². The zero-order valence-corrected chi connectivity index (χ0v) is 11.2. The highest BCUT2D eigenvalue weighted by Gasteiger charge is 2.54. The van der Waals surface area contributed by atoms with E-state index in [1.165, 1.54) is 6.20 Å². The Morgan fingerprint density at radius 3 is 2.91 bits per heavy atom. The van der Waals surface area contributed by atoms with E-state index in [0.29, 0.717) is 0 Å². The van der Waals surface area contributed by atoms with Crippen LogP contribution in [0.5, 0.6) is 0 Å². The van der Waals surface area contributed by atoms with Crippen molar-refractivity contribution in [2.45, 2.75) is 24.0 Å². The van der Waals surface area contributed by atoms with Gasteiger partial charge in [0.15, 0.2) is 17.6 Å². The van der Waals surface area contributed by atoms with Crippen molar-refractivity contribution in [3.8, 4) is 0 Å². The summed E-state index contributed by atoms with van der Waals surface area (Å²) in [6.45, 7) is 2.77. The number of alkyl halides is 1. The van der Waals surface area contributed by atoms with Gasteiger partial charge in [-0.2, -0.15) is 9.37 Å². The third-order valence-corrected chi connectivity index (χ3v) is 3.71. The van der Waals surface area contributed by atoms with Gasteiger partial charge in [-0.3, -0.25) is 0 Å². The SMILES string of the molecule is C=C[C@]1(CO)O[C@@H](c2cnc3c(N)nc(F)nn23)[C@H](F)[C@@H]1O. The Labute approximate surface area is 122 Å². The standard InChI is InChI=1S/C12H13F2N5O3/c1-2-12(4-20)8(21)6(13)7(22-12)5-3-16-10-9(15)17-11(14)18-19(5)10/h2-3,6-8,20-21H,1,4H2,(H2,15,17,18)/t6-,7-,8-,12+/m0/s1. The molecule has 3 rings (SSSR count). The van der Waals surface area contributed by atoms with Crippen LogP contribution in [0.25, 0.3) is 5.65 Å². The molecule has 22 heavy (non-hydrogen) atoms. The molecule has 0 bridgehead atoms. The number of rotatable bonds is 3. The highest BCUT2D eigenvalue weighted by Crippen LogP contribution is 2.42. The molecule has 0 spiro atoms. The van der Waals surface area contributed by atoms with Crippen molar-refractivity contribution in [1.82, 2.24) is 19.6 Å². The van der Waals surface area contributed by atoms with Crippen molar-refractivity contribution in [2.75, 3.05) is 12.3 Å². The van der Waals surface area contributed by atoms with Gasteiger partial charge in [-0.25, -0.2) is 13.9 Å². The third kappa shape index (κ3) is 1.88. The van der Waals surface area contributed by atoms with Crippen LogP contribution in [0.3, 0.4) is 0 Å². The lowest BCUT2D eigenvalue weighted by Crippen LogP contribution is -2.43. The normalized spacial score (nSPS) is 31.7. The predicted molar refractivity (Wildman–Crippen MR) is 69.9 cm³/mol. The summed E-state index contributed by atoms with van der Waals surface area (Å²) in [6.07, 6.45) is -3.67. The first kappa shape index (κ1) is 14.8. The van der Waals surface area contributed by atoms with Crippen LogP contribution >= 0.6 is 0 Å². The number of imidazole rings is 1. The summed E-state index contributed by atoms with van der Waals surface area (Å²) in [4.78, 5) is 7.21. The second kappa shape index (κ2) is 4.93. The fourth-order valence-electron chi connectivity index (χ4n) is 2.48. The van der Waals surface area contributed by atoms with Crippen molar-refractivity contribution >= 4 is 11.5 Å². The minimum absolute atomic E-state index is 0.0294. The monoisotopic (exact) mass is 313 g/mol. The molecule has 0 aliphatic carbocycles. The lowest BCUT2D eigenvalue weighted by molar-refractivity contribution is -0.0798. The first-order chi connectivity index (χ1) is 10.4. The summed E-state index contributed by atoms with van der Waals surface area (Å²) in [5, 5.41) is 22.8. The molecule has 3 heterocycles. The number of hydrogen-bond acceptors (Lipinski definition) is 7. The fraction of sp³-hybridized carbons (Fsp3) is 0.417. The maximum absolute atomic E-state index is 14.4. The average Bonchev–Trinajstić information content (AvgIpc) is 3.01. The van der Waals surface area contributed by atoms with Gasteiger partial charge >= 0.3 is 6.08 Å². The summed E-state index contributed by atoms with van der Waals surface area (Å²) >= 11 is 0. The lowest BCUT2D eigenvalue weighted by Gasteiger charge is -2.25. The Kier molecular flexibility index (Phi) is 3.31. The number of nitrogens with zero attached hydrogens (tertiary/aromatic N) is 4. The highest BCUT2D eigenvalue weighted by atomic mass is 19.1. The minimum atomic E-state index is -1.90. The van der Waals surface area contributed by atoms with Crippen LogP contribution < -0.4 is 5.73 Å². The Morgan fingerprint density at radius 2 is 2.32 bits per heavy atom. The van der Waals surface area contributed by atoms with Crippen molar-refractivity contribution in [3.63, 3.8) is 0 Å². The fourth-order valence-corrected chi connectivity index (χ4v) is 2.48. The van der Waals surface area contributed by atoms with Gasteiger partial charge in [-0.15, -0.1) is 11.7 Å². The van der Waals surface area contributed by atoms with Gasteiger partial charge in [0, 0.05) is 0 Å². The molecule has 10 heteroatoms. The summed E-state index contributed by atoms with van der Waals surface area (Å²) in [5.41, 5.74) is 3.92. The van der Waals surface area contributed by atoms with E-state index in [2.05, 4.69) is 21.6 Å². The topological polar surface area (TPSA) is 119 Å². The third-order valence-electron chi connectivity index (χ3n) is 3.71. The summed E-state index contributed by atoms with van der Waals surface area (Å²) < 4.78 is 34.1. The van der Waals surface area contributed by atoms with E-state index < -0.39 is 36.7 Å². The van der Waals surface area contributed by atoms with Crippen LogP contribution in [-0.2, 0) is 4.74 Å². The van der Waals surface area contributed by atoms with Gasteiger partial charge in [0.2, 0.25) is 0 Å². The molecule has 2 aromatic heterocycles. The van der Waals surface area contributed by atoms with Gasteiger partial charge in [0.1, 0.15) is 17.8 Å². The van der Waals surface area contributed by atoms with Crippen LogP contribution in [-0.4, -0.2) is 54.3 Å². The molecule has 0 unspecified atom stereocenters. The van der Waals surface area contributed by atoms with Crippen molar-refractivity contribution in [2.24, 2.45) is 0 Å². The first-order valence-electron chi connectivity index (χ1n) is 6.34. The molecule has 0 radical (unpaired) electrons. The molecule has 1 fully saturated rings. The summed E-state index contributed by atoms with van der Waals surface area (Å²) in [6, 6.07) is 0. The number of ether oxygens (including phenoxy) is 1. The number of aliphatic hydroxyl groups is 2. The van der Waals surface area contributed by atoms with E-state index in [-0.39, 0.29) is 17.2 Å². The van der Waals surface area contributed by atoms with E-state index in [0.717, 1.165) is 10.6 Å². The van der Waals surface area contributed by atoms with Gasteiger partial charge in [0.05, 0.1) is 18.5 Å². The molecule has 1 aliphatic heterocycles. The highest BCUT2D eigenvalue weighted by molar-refractivity contribution is 5.59. The quantitative estimate of drug-likeness (QED) is 0.656. The van der Waals surface area contributed by atoms with E-state index in [9.17, 15) is 19.0 Å². The van der Waals surface area contributed by atoms with Gasteiger partial charge in [0.25, 0.3) is 0 Å². The molecule has 1 saturated heterocycles. The van der Waals surface area contributed by atoms with Crippen LogP contribution in [0.4, 0.5) is 14.6 Å². The molecule has 1 aliphatic rings. The van der Waals surface area contributed by atoms with E-state index in [4.69, 9.17) is 10.5 Å². The molecular weight excluding hydrogens is 300 g/mol. The first-order valence-corrected chi connectivity index (χ1v) is 6.34. The number of aromatic nitrogens is 4. The molecule has 0 saturated carbocycles. The molecule has 0 aromatic carbocycles. The molecule has 4 N–H and O–H groups in total. The summed E-state index contributed by atoms with van der Waals surface area (Å²) in [5.74, 6) is -0.218. The van der Waals surface area contributed by atoms with Crippen molar-refractivity contribution in [3.05, 3.63) is 30.6 Å². The number of halogens is 2. The Bertz CT molecular complexity index is 739. The molecule has 2 aromatic rings. The lowest BCUT2D eigenvalue weighted by atomic mass is 9.96.